The van der Waals surface area contributed by atoms with E-state index in [0.29, 0.717) is 10.8 Å². The molecule has 0 atom stereocenters. The molecule has 76 valence electrons. The van der Waals surface area contributed by atoms with Crippen LogP contribution in [0.4, 0.5) is 0 Å². The first-order valence-corrected chi connectivity index (χ1v) is 4.85. The predicted molar refractivity (Wildman–Crippen MR) is 58.1 cm³/mol. The van der Waals surface area contributed by atoms with Crippen molar-refractivity contribution in [2.75, 3.05) is 6.61 Å². The highest BCUT2D eigenvalue weighted by Crippen LogP contribution is 2.27. The van der Waals surface area contributed by atoms with Crippen LogP contribution >= 0.6 is 27.5 Å². The topological polar surface area (TPSA) is 67.8 Å². The van der Waals surface area contributed by atoms with Crippen LogP contribution in [0.3, 0.4) is 0 Å². The van der Waals surface area contributed by atoms with Crippen molar-refractivity contribution in [3.05, 3.63) is 27.7 Å². The van der Waals surface area contributed by atoms with Gasteiger partial charge in [-0.3, -0.25) is 0 Å². The van der Waals surface area contributed by atoms with Crippen molar-refractivity contribution in [2.45, 2.75) is 0 Å². The number of nitrogens with zero attached hydrogens (tertiary/aromatic N) is 1. The number of halogens is 2. The Bertz CT molecular complexity index is 357. The highest BCUT2D eigenvalue weighted by molar-refractivity contribution is 9.10. The van der Waals surface area contributed by atoms with E-state index >= 15 is 0 Å². The molecule has 0 saturated heterocycles. The van der Waals surface area contributed by atoms with Gasteiger partial charge in [0, 0.05) is 5.02 Å². The number of rotatable bonds is 3. The zero-order valence-corrected chi connectivity index (χ0v) is 9.42. The van der Waals surface area contributed by atoms with Gasteiger partial charge < -0.3 is 15.7 Å². The minimum absolute atomic E-state index is 0.00634. The standard InChI is InChI=1S/C8H8BrClN2O2/c9-6-3-5(10)1-2-7(6)14-4-8(11)12-13/h1-3,13H,4H2,(H2,11,12). The number of benzene rings is 1. The fraction of sp³-hybridized carbons (Fsp3) is 0.125. The molecule has 0 radical (unpaired) electrons. The average molecular weight is 280 g/mol. The molecule has 0 aliphatic rings. The zero-order chi connectivity index (χ0) is 10.6. The minimum atomic E-state index is 0.00634. The Morgan fingerprint density at radius 2 is 2.36 bits per heavy atom. The Hall–Kier alpha value is -0.940. The number of nitrogens with two attached hydrogens (primary N) is 1. The van der Waals surface area contributed by atoms with Crippen LogP contribution in [0.15, 0.2) is 27.8 Å². The van der Waals surface area contributed by atoms with Crippen LogP contribution in [0.1, 0.15) is 0 Å². The van der Waals surface area contributed by atoms with E-state index in [9.17, 15) is 0 Å². The Morgan fingerprint density at radius 3 is 2.93 bits per heavy atom. The van der Waals surface area contributed by atoms with Gasteiger partial charge in [-0.05, 0) is 34.1 Å². The van der Waals surface area contributed by atoms with E-state index in [1.807, 2.05) is 0 Å². The quantitative estimate of drug-likeness (QED) is 0.386. The maximum atomic E-state index is 8.28. The molecule has 0 aromatic heterocycles. The average Bonchev–Trinajstić information content (AvgIpc) is 2.16. The number of hydrogen-bond acceptors (Lipinski definition) is 3. The third-order valence-corrected chi connectivity index (χ3v) is 2.25. The molecule has 3 N–H and O–H groups in total. The van der Waals surface area contributed by atoms with Crippen LogP contribution in [-0.4, -0.2) is 17.6 Å². The van der Waals surface area contributed by atoms with E-state index in [0.717, 1.165) is 4.47 Å². The Morgan fingerprint density at radius 1 is 1.64 bits per heavy atom. The van der Waals surface area contributed by atoms with E-state index in [4.69, 9.17) is 27.3 Å². The molecule has 4 nitrogen and oxygen atoms in total. The van der Waals surface area contributed by atoms with Crippen molar-refractivity contribution < 1.29 is 9.94 Å². The Labute approximate surface area is 94.4 Å². The summed E-state index contributed by atoms with van der Waals surface area (Å²) in [5.74, 6) is 0.591. The molecule has 0 aliphatic carbocycles. The number of ether oxygens (including phenoxy) is 1. The van der Waals surface area contributed by atoms with Crippen LogP contribution in [0.25, 0.3) is 0 Å². The van der Waals surface area contributed by atoms with Gasteiger partial charge in [0.15, 0.2) is 5.84 Å². The summed E-state index contributed by atoms with van der Waals surface area (Å²) in [4.78, 5) is 0. The second-order valence-corrected chi connectivity index (χ2v) is 3.75. The highest BCUT2D eigenvalue weighted by Gasteiger charge is 2.02. The van der Waals surface area contributed by atoms with Gasteiger partial charge in [0.1, 0.15) is 12.4 Å². The lowest BCUT2D eigenvalue weighted by Crippen LogP contribution is -2.20. The predicted octanol–water partition coefficient (Wildman–Crippen LogP) is 2.23. The molecule has 1 aromatic carbocycles. The van der Waals surface area contributed by atoms with Crippen molar-refractivity contribution in [1.29, 1.82) is 0 Å². The first kappa shape index (κ1) is 11.1. The molecule has 14 heavy (non-hydrogen) atoms. The van der Waals surface area contributed by atoms with Crippen molar-refractivity contribution in [1.82, 2.24) is 0 Å². The molecule has 0 aliphatic heterocycles. The third kappa shape index (κ3) is 3.08. The molecule has 1 rings (SSSR count). The largest absolute Gasteiger partial charge is 0.484 e. The summed E-state index contributed by atoms with van der Waals surface area (Å²) in [6.07, 6.45) is 0. The van der Waals surface area contributed by atoms with Gasteiger partial charge >= 0.3 is 0 Å². The SMILES string of the molecule is N/C(COc1ccc(Cl)cc1Br)=N\O. The lowest BCUT2D eigenvalue weighted by atomic mass is 10.3. The van der Waals surface area contributed by atoms with Crippen LogP contribution in [-0.2, 0) is 0 Å². The van der Waals surface area contributed by atoms with Crippen LogP contribution in [0.5, 0.6) is 5.75 Å². The fourth-order valence-corrected chi connectivity index (χ4v) is 1.57. The normalized spacial score (nSPS) is 11.4. The molecule has 0 spiro atoms. The van der Waals surface area contributed by atoms with E-state index in [1.165, 1.54) is 0 Å². The molecule has 0 unspecified atom stereocenters. The maximum Gasteiger partial charge on any atom is 0.177 e. The fourth-order valence-electron chi connectivity index (χ4n) is 0.773. The summed E-state index contributed by atoms with van der Waals surface area (Å²) >= 11 is 9.00. The molecule has 0 amide bonds. The smallest absolute Gasteiger partial charge is 0.177 e. The second-order valence-electron chi connectivity index (χ2n) is 2.45. The molecule has 0 bridgehead atoms. The third-order valence-electron chi connectivity index (χ3n) is 1.40. The lowest BCUT2D eigenvalue weighted by Gasteiger charge is -2.06. The second kappa shape index (κ2) is 5.07. The van der Waals surface area contributed by atoms with Gasteiger partial charge in [-0.15, -0.1) is 0 Å². The lowest BCUT2D eigenvalue weighted by molar-refractivity contribution is 0.306. The summed E-state index contributed by atoms with van der Waals surface area (Å²) in [6.45, 7) is 0.0245. The highest BCUT2D eigenvalue weighted by atomic mass is 79.9. The van der Waals surface area contributed by atoms with Crippen LogP contribution < -0.4 is 10.5 Å². The van der Waals surface area contributed by atoms with Gasteiger partial charge in [-0.25, -0.2) is 0 Å². The van der Waals surface area contributed by atoms with Crippen LogP contribution in [0, 0.1) is 0 Å². The first-order valence-electron chi connectivity index (χ1n) is 3.67. The number of oxime groups is 1. The first-order chi connectivity index (χ1) is 6.63. The van der Waals surface area contributed by atoms with Crippen molar-refractivity contribution in [3.63, 3.8) is 0 Å². The molecular weight excluding hydrogens is 271 g/mol. The summed E-state index contributed by atoms with van der Waals surface area (Å²) in [6, 6.07) is 5.08. The molecular formula is C8H8BrClN2O2. The Kier molecular flexibility index (Phi) is 4.03. The van der Waals surface area contributed by atoms with Gasteiger partial charge in [-0.2, -0.15) is 0 Å². The number of hydrogen-bond donors (Lipinski definition) is 2. The monoisotopic (exact) mass is 278 g/mol. The van der Waals surface area contributed by atoms with E-state index < -0.39 is 0 Å². The molecule has 0 heterocycles. The van der Waals surface area contributed by atoms with E-state index in [2.05, 4.69) is 21.1 Å². The maximum absolute atomic E-state index is 8.28. The molecule has 0 saturated carbocycles. The summed E-state index contributed by atoms with van der Waals surface area (Å²) < 4.78 is 5.94. The van der Waals surface area contributed by atoms with Crippen molar-refractivity contribution in [3.8, 4) is 5.75 Å². The van der Waals surface area contributed by atoms with E-state index in [-0.39, 0.29) is 12.4 Å². The zero-order valence-electron chi connectivity index (χ0n) is 7.08. The molecule has 0 fully saturated rings. The number of amidine groups is 1. The summed E-state index contributed by atoms with van der Waals surface area (Å²) in [5.41, 5.74) is 5.23. The summed E-state index contributed by atoms with van der Waals surface area (Å²) in [7, 11) is 0. The van der Waals surface area contributed by atoms with E-state index in [1.54, 1.807) is 18.2 Å². The van der Waals surface area contributed by atoms with Gasteiger partial charge in [-0.1, -0.05) is 16.8 Å². The Balaban J connectivity index is 2.68. The molecule has 6 heteroatoms. The van der Waals surface area contributed by atoms with Gasteiger partial charge in [0.25, 0.3) is 0 Å². The van der Waals surface area contributed by atoms with Crippen LogP contribution in [0.2, 0.25) is 5.02 Å². The molecule has 1 aromatic rings. The summed E-state index contributed by atoms with van der Waals surface area (Å²) in [5, 5.41) is 11.7. The van der Waals surface area contributed by atoms with Gasteiger partial charge in [0.05, 0.1) is 4.47 Å². The van der Waals surface area contributed by atoms with Crippen molar-refractivity contribution in [2.24, 2.45) is 10.9 Å². The van der Waals surface area contributed by atoms with Crippen molar-refractivity contribution >= 4 is 33.4 Å². The van der Waals surface area contributed by atoms with Gasteiger partial charge in [0.2, 0.25) is 0 Å². The minimum Gasteiger partial charge on any atom is -0.484 e.